The van der Waals surface area contributed by atoms with Crippen molar-refractivity contribution in [3.8, 4) is 0 Å². The molecule has 6 fully saturated rings. The van der Waals surface area contributed by atoms with Crippen LogP contribution in [0.3, 0.4) is 0 Å². The Balaban J connectivity index is 1.52. The molecule has 2 heterocycles. The second-order valence-corrected chi connectivity index (χ2v) is 16.5. The van der Waals surface area contributed by atoms with E-state index in [1.165, 1.54) is 27.7 Å². The highest BCUT2D eigenvalue weighted by molar-refractivity contribution is 5.95. The highest BCUT2D eigenvalue weighted by atomic mass is 16.6. The number of ketones is 1. The first-order chi connectivity index (χ1) is 23.1. The number of epoxide rings is 1. The van der Waals surface area contributed by atoms with Gasteiger partial charge in [-0.15, -0.1) is 0 Å². The van der Waals surface area contributed by atoms with Crippen molar-refractivity contribution >= 4 is 35.6 Å². The van der Waals surface area contributed by atoms with E-state index in [1.807, 2.05) is 13.8 Å². The van der Waals surface area contributed by atoms with Gasteiger partial charge >= 0.3 is 29.8 Å². The van der Waals surface area contributed by atoms with Gasteiger partial charge in [0, 0.05) is 62.7 Å². The average Bonchev–Trinajstić information content (AvgIpc) is 3.66. The lowest BCUT2D eigenvalue weighted by atomic mass is 9.40. The number of carbonyl (C=O) groups is 6. The Morgan fingerprint density at radius 2 is 1.44 bits per heavy atom. The molecule has 0 aromatic carbocycles. The van der Waals surface area contributed by atoms with E-state index in [1.54, 1.807) is 19.9 Å². The Bertz CT molecular complexity index is 1630. The van der Waals surface area contributed by atoms with Crippen LogP contribution in [0.25, 0.3) is 0 Å². The van der Waals surface area contributed by atoms with Gasteiger partial charge in [-0.25, -0.2) is 4.79 Å². The van der Waals surface area contributed by atoms with Crippen LogP contribution in [0.15, 0.2) is 11.8 Å². The van der Waals surface area contributed by atoms with Gasteiger partial charge in [0.05, 0.1) is 11.5 Å². The summed E-state index contributed by atoms with van der Waals surface area (Å²) in [5, 5.41) is 24.5. The Morgan fingerprint density at radius 1 is 0.840 bits per heavy atom. The predicted octanol–water partition coefficient (Wildman–Crippen LogP) is 1.56. The van der Waals surface area contributed by atoms with E-state index >= 15 is 0 Å². The number of Topliss-reactive ketones (excluding diaryl/α,β-unsaturated/α-hetero) is 1. The Hall–Kier alpha value is -3.36. The first-order valence-corrected chi connectivity index (χ1v) is 17.4. The van der Waals surface area contributed by atoms with Crippen molar-refractivity contribution in [2.45, 2.75) is 123 Å². The first-order valence-electron chi connectivity index (χ1n) is 17.4. The van der Waals surface area contributed by atoms with Gasteiger partial charge in [0.25, 0.3) is 0 Å². The minimum Gasteiger partial charge on any atom is -0.462 e. The number of allylic oxidation sites excluding steroid dienone is 1. The summed E-state index contributed by atoms with van der Waals surface area (Å²) < 4.78 is 35.8. The van der Waals surface area contributed by atoms with Crippen molar-refractivity contribution < 1.29 is 67.4 Å². The summed E-state index contributed by atoms with van der Waals surface area (Å²) in [5.74, 6) is -8.70. The van der Waals surface area contributed by atoms with E-state index in [0.717, 1.165) is 6.92 Å². The van der Waals surface area contributed by atoms with Crippen molar-refractivity contribution in [2.75, 3.05) is 0 Å². The number of aliphatic hydroxyl groups is 2. The van der Waals surface area contributed by atoms with Crippen LogP contribution in [0.1, 0.15) is 75.2 Å². The monoisotopic (exact) mass is 702 g/mol. The van der Waals surface area contributed by atoms with E-state index in [9.17, 15) is 39.0 Å². The van der Waals surface area contributed by atoms with Crippen LogP contribution in [0.5, 0.6) is 0 Å². The molecule has 4 saturated carbocycles. The van der Waals surface area contributed by atoms with Crippen LogP contribution >= 0.6 is 0 Å². The van der Waals surface area contributed by atoms with Gasteiger partial charge in [0.2, 0.25) is 5.78 Å². The molecule has 274 valence electrons. The summed E-state index contributed by atoms with van der Waals surface area (Å²) in [5.41, 5.74) is -8.42. The third kappa shape index (κ3) is 4.12. The van der Waals surface area contributed by atoms with Gasteiger partial charge < -0.3 is 38.6 Å². The van der Waals surface area contributed by atoms with Gasteiger partial charge in [0.15, 0.2) is 11.7 Å². The summed E-state index contributed by atoms with van der Waals surface area (Å²) >= 11 is 0. The zero-order chi connectivity index (χ0) is 36.8. The van der Waals surface area contributed by atoms with Crippen LogP contribution in [-0.4, -0.2) is 93.7 Å². The topological polar surface area (TPSA) is 202 Å². The van der Waals surface area contributed by atoms with Crippen LogP contribution in [-0.2, 0) is 57.2 Å². The van der Waals surface area contributed by atoms with Crippen LogP contribution in [0, 0.1) is 51.8 Å². The highest BCUT2D eigenvalue weighted by Gasteiger charge is 2.84. The number of esters is 5. The molecule has 14 heteroatoms. The molecule has 2 saturated heterocycles. The molecule has 14 nitrogen and oxygen atoms in total. The quantitative estimate of drug-likeness (QED) is 0.243. The maximum Gasteiger partial charge on any atom is 0.343 e. The minimum absolute atomic E-state index is 0.0398. The fourth-order valence-electron chi connectivity index (χ4n) is 12.1. The molecule has 7 rings (SSSR count). The number of fused-ring (bicyclic) bond motifs is 10. The van der Waals surface area contributed by atoms with Crippen molar-refractivity contribution in [1.29, 1.82) is 0 Å². The van der Waals surface area contributed by atoms with E-state index in [-0.39, 0.29) is 18.6 Å². The van der Waals surface area contributed by atoms with Crippen LogP contribution in [0.2, 0.25) is 0 Å². The summed E-state index contributed by atoms with van der Waals surface area (Å²) in [7, 11) is 0. The molecule has 0 amide bonds. The van der Waals surface area contributed by atoms with Crippen molar-refractivity contribution in [3.63, 3.8) is 0 Å². The lowest BCUT2D eigenvalue weighted by Gasteiger charge is -2.65. The molecule has 0 radical (unpaired) electrons. The number of ether oxygens (including phenoxy) is 6. The lowest BCUT2D eigenvalue weighted by Crippen LogP contribution is -2.77. The maximum absolute atomic E-state index is 14.9. The van der Waals surface area contributed by atoms with Gasteiger partial charge in [0.1, 0.15) is 35.8 Å². The first kappa shape index (κ1) is 35.1. The second-order valence-electron chi connectivity index (χ2n) is 16.5. The maximum atomic E-state index is 14.9. The molecule has 50 heavy (non-hydrogen) atoms. The third-order valence-corrected chi connectivity index (χ3v) is 14.2. The van der Waals surface area contributed by atoms with Crippen LogP contribution in [0.4, 0.5) is 0 Å². The summed E-state index contributed by atoms with van der Waals surface area (Å²) in [6, 6.07) is 0. The smallest absolute Gasteiger partial charge is 0.343 e. The third-order valence-electron chi connectivity index (χ3n) is 14.2. The Morgan fingerprint density at radius 3 is 2.02 bits per heavy atom. The molecular formula is C36H46O14. The normalized spacial score (nSPS) is 52.3. The van der Waals surface area contributed by atoms with E-state index < -0.39 is 135 Å². The van der Waals surface area contributed by atoms with Crippen molar-refractivity contribution in [3.05, 3.63) is 11.8 Å². The largest absolute Gasteiger partial charge is 0.462 e. The van der Waals surface area contributed by atoms with Crippen molar-refractivity contribution in [2.24, 2.45) is 51.8 Å². The number of rotatable bonds is 4. The minimum atomic E-state index is -2.20. The van der Waals surface area contributed by atoms with Gasteiger partial charge in [-0.05, 0) is 44.1 Å². The van der Waals surface area contributed by atoms with E-state index in [0.29, 0.717) is 0 Å². The second kappa shape index (κ2) is 10.6. The number of carbonyl (C=O) groups excluding carboxylic acids is 6. The molecule has 5 aliphatic carbocycles. The zero-order valence-electron chi connectivity index (χ0n) is 29.7. The Labute approximate surface area is 289 Å². The fourth-order valence-corrected chi connectivity index (χ4v) is 12.1. The molecule has 0 aromatic heterocycles. The predicted molar refractivity (Wildman–Crippen MR) is 166 cm³/mol. The lowest BCUT2D eigenvalue weighted by molar-refractivity contribution is -0.269. The number of hydrogen-bond acceptors (Lipinski definition) is 14. The molecule has 0 aromatic rings. The van der Waals surface area contributed by atoms with Gasteiger partial charge in [-0.1, -0.05) is 20.8 Å². The average molecular weight is 703 g/mol. The summed E-state index contributed by atoms with van der Waals surface area (Å²) in [6.45, 7) is 13.4. The SMILES string of the molecule is CC(=O)OC1C(=O)C2(O)C[C@@H]3O[C@@H]3[C@H](OC(C)=O)[C@]2(C)C2C[C@H](OC(C)=O)[C@@]3(C)C(C(OC(C)=O)C4C3C(C)C=C3OC(=O)[C@@](C)(O)[C@@]34C)C12. The molecule has 2 aliphatic heterocycles. The van der Waals surface area contributed by atoms with Gasteiger partial charge in [-0.3, -0.25) is 24.0 Å². The molecular weight excluding hydrogens is 656 g/mol. The summed E-state index contributed by atoms with van der Waals surface area (Å²) in [6.07, 6.45) is -4.30. The molecule has 0 bridgehead atoms. The molecule has 17 atom stereocenters. The van der Waals surface area contributed by atoms with Crippen molar-refractivity contribution in [1.82, 2.24) is 0 Å². The molecule has 7 aliphatic rings. The van der Waals surface area contributed by atoms with Crippen LogP contribution < -0.4 is 0 Å². The zero-order valence-corrected chi connectivity index (χ0v) is 29.7. The molecule has 2 N–H and O–H groups in total. The Kier molecular flexibility index (Phi) is 7.43. The standard InChI is InChI=1S/C36H46O14/c1-13-10-21-34(8,35(9,43)31(42)50-21)25-23(13)32(6)20(45-14(2)37)11-18-22(24(32)28(25)47-16(4)39)27(46-15(3)38)29(41)36(44)12-19-26(49-19)30(33(18,36)7)48-17(5)40/h10,13,18-20,22-28,30,43-44H,11-12H2,1-9H3/t13?,18?,19-,20-,22?,23?,24?,25?,26-,27?,28?,30-,32+,33-,34-,35+,36?/m0/s1. The summed E-state index contributed by atoms with van der Waals surface area (Å²) in [4.78, 5) is 79.6. The fraction of sp³-hybridized carbons (Fsp3) is 0.778. The van der Waals surface area contributed by atoms with E-state index in [2.05, 4.69) is 0 Å². The van der Waals surface area contributed by atoms with E-state index in [4.69, 9.17) is 28.4 Å². The number of hydrogen-bond donors (Lipinski definition) is 2. The highest BCUT2D eigenvalue weighted by Crippen LogP contribution is 2.76. The molecule has 9 unspecified atom stereocenters. The van der Waals surface area contributed by atoms with Gasteiger partial charge in [-0.2, -0.15) is 0 Å². The molecule has 0 spiro atoms.